The standard InChI is InChI=1S/C11H11ClF3NO/c1-16(7-6-12)10(17)8-4-2-3-5-9(8)11(13,14)15/h2-5H,6-7H2,1H3. The number of carbonyl (C=O) groups is 1. The molecule has 1 aromatic rings. The first-order chi connectivity index (χ1) is 7.88. The van der Waals surface area contributed by atoms with Crippen LogP contribution in [0.5, 0.6) is 0 Å². The maximum atomic E-state index is 12.7. The average molecular weight is 266 g/mol. The lowest BCUT2D eigenvalue weighted by Crippen LogP contribution is -2.30. The van der Waals surface area contributed by atoms with Crippen LogP contribution in [0.1, 0.15) is 15.9 Å². The summed E-state index contributed by atoms with van der Waals surface area (Å²) in [4.78, 5) is 12.9. The number of halogens is 4. The van der Waals surface area contributed by atoms with Crippen LogP contribution in [-0.4, -0.2) is 30.3 Å². The lowest BCUT2D eigenvalue weighted by molar-refractivity contribution is -0.138. The number of carbonyl (C=O) groups excluding carboxylic acids is 1. The van der Waals surface area contributed by atoms with E-state index in [-0.39, 0.29) is 18.0 Å². The van der Waals surface area contributed by atoms with Gasteiger partial charge in [0.05, 0.1) is 11.1 Å². The predicted molar refractivity (Wildman–Crippen MR) is 59.1 cm³/mol. The second-order valence-electron chi connectivity index (χ2n) is 3.46. The van der Waals surface area contributed by atoms with Crippen LogP contribution < -0.4 is 0 Å². The molecule has 0 heterocycles. The molecule has 0 saturated heterocycles. The van der Waals surface area contributed by atoms with Crippen molar-refractivity contribution >= 4 is 17.5 Å². The van der Waals surface area contributed by atoms with Crippen molar-refractivity contribution in [2.75, 3.05) is 19.5 Å². The smallest absolute Gasteiger partial charge is 0.341 e. The summed E-state index contributed by atoms with van der Waals surface area (Å²) in [6.45, 7) is 0.201. The number of rotatable bonds is 3. The van der Waals surface area contributed by atoms with Crippen molar-refractivity contribution in [3.8, 4) is 0 Å². The Labute approximate surface area is 102 Å². The molecule has 1 aromatic carbocycles. The van der Waals surface area contributed by atoms with Crippen LogP contribution in [0.15, 0.2) is 24.3 Å². The first-order valence-electron chi connectivity index (χ1n) is 4.85. The van der Waals surface area contributed by atoms with E-state index in [9.17, 15) is 18.0 Å². The third kappa shape index (κ3) is 3.36. The minimum absolute atomic E-state index is 0.177. The van der Waals surface area contributed by atoms with Gasteiger partial charge in [-0.1, -0.05) is 12.1 Å². The van der Waals surface area contributed by atoms with Crippen LogP contribution in [0.2, 0.25) is 0 Å². The van der Waals surface area contributed by atoms with Gasteiger partial charge in [0.1, 0.15) is 0 Å². The molecule has 0 N–H and O–H groups in total. The van der Waals surface area contributed by atoms with Gasteiger partial charge in [0.25, 0.3) is 5.91 Å². The molecular weight excluding hydrogens is 255 g/mol. The zero-order chi connectivity index (χ0) is 13.1. The number of nitrogens with zero attached hydrogens (tertiary/aromatic N) is 1. The molecule has 0 spiro atoms. The maximum absolute atomic E-state index is 12.7. The fourth-order valence-electron chi connectivity index (χ4n) is 1.35. The van der Waals surface area contributed by atoms with Crippen LogP contribution in [0, 0.1) is 0 Å². The summed E-state index contributed by atoms with van der Waals surface area (Å²) in [5, 5.41) is 0. The van der Waals surface area contributed by atoms with Gasteiger partial charge in [0, 0.05) is 19.5 Å². The minimum atomic E-state index is -4.53. The molecule has 17 heavy (non-hydrogen) atoms. The Kier molecular flexibility index (Phi) is 4.40. The van der Waals surface area contributed by atoms with Gasteiger partial charge < -0.3 is 4.90 Å². The minimum Gasteiger partial charge on any atom is -0.341 e. The largest absolute Gasteiger partial charge is 0.417 e. The van der Waals surface area contributed by atoms with Gasteiger partial charge in [-0.25, -0.2) is 0 Å². The molecule has 0 bridgehead atoms. The molecule has 1 rings (SSSR count). The molecule has 0 aliphatic carbocycles. The fourth-order valence-corrected chi connectivity index (χ4v) is 1.60. The first kappa shape index (κ1) is 13.8. The van der Waals surface area contributed by atoms with Gasteiger partial charge in [-0.3, -0.25) is 4.79 Å². The quantitative estimate of drug-likeness (QED) is 0.770. The summed E-state index contributed by atoms with van der Waals surface area (Å²) >= 11 is 5.44. The zero-order valence-corrected chi connectivity index (χ0v) is 9.85. The zero-order valence-electron chi connectivity index (χ0n) is 9.09. The Balaban J connectivity index is 3.10. The summed E-state index contributed by atoms with van der Waals surface area (Å²) in [5.41, 5.74) is -1.28. The number of hydrogen-bond donors (Lipinski definition) is 0. The molecule has 1 amide bonds. The van der Waals surface area contributed by atoms with Crippen LogP contribution >= 0.6 is 11.6 Å². The van der Waals surface area contributed by atoms with Crippen molar-refractivity contribution in [1.29, 1.82) is 0 Å². The van der Waals surface area contributed by atoms with E-state index in [0.29, 0.717) is 0 Å². The Morgan fingerprint density at radius 1 is 1.35 bits per heavy atom. The van der Waals surface area contributed by atoms with Crippen LogP contribution in [0.4, 0.5) is 13.2 Å². The number of benzene rings is 1. The van der Waals surface area contributed by atoms with E-state index in [1.807, 2.05) is 0 Å². The molecule has 0 aliphatic rings. The van der Waals surface area contributed by atoms with Crippen molar-refractivity contribution < 1.29 is 18.0 Å². The molecule has 0 radical (unpaired) electrons. The second-order valence-corrected chi connectivity index (χ2v) is 3.84. The number of amides is 1. The van der Waals surface area contributed by atoms with Gasteiger partial charge in [0.15, 0.2) is 0 Å². The van der Waals surface area contributed by atoms with Gasteiger partial charge in [-0.05, 0) is 12.1 Å². The first-order valence-corrected chi connectivity index (χ1v) is 5.39. The highest BCUT2D eigenvalue weighted by Gasteiger charge is 2.35. The molecule has 0 aromatic heterocycles. The molecule has 0 aliphatic heterocycles. The SMILES string of the molecule is CN(CCCl)C(=O)c1ccccc1C(F)(F)F. The highest BCUT2D eigenvalue weighted by molar-refractivity contribution is 6.18. The van der Waals surface area contributed by atoms with Gasteiger partial charge >= 0.3 is 6.18 Å². The number of hydrogen-bond acceptors (Lipinski definition) is 1. The van der Waals surface area contributed by atoms with Crippen molar-refractivity contribution in [2.24, 2.45) is 0 Å². The third-order valence-corrected chi connectivity index (χ3v) is 2.40. The van der Waals surface area contributed by atoms with Gasteiger partial charge in [0.2, 0.25) is 0 Å². The van der Waals surface area contributed by atoms with Crippen molar-refractivity contribution in [2.45, 2.75) is 6.18 Å². The summed E-state index contributed by atoms with van der Waals surface area (Å²) < 4.78 is 38.0. The topological polar surface area (TPSA) is 20.3 Å². The summed E-state index contributed by atoms with van der Waals surface area (Å²) in [7, 11) is 1.41. The van der Waals surface area contributed by atoms with E-state index in [0.717, 1.165) is 17.0 Å². The molecule has 2 nitrogen and oxygen atoms in total. The Morgan fingerprint density at radius 3 is 2.47 bits per heavy atom. The van der Waals surface area contributed by atoms with Crippen molar-refractivity contribution in [3.63, 3.8) is 0 Å². The Morgan fingerprint density at radius 2 is 1.94 bits per heavy atom. The van der Waals surface area contributed by atoms with E-state index >= 15 is 0 Å². The number of alkyl halides is 4. The van der Waals surface area contributed by atoms with Crippen LogP contribution in [-0.2, 0) is 6.18 Å². The molecule has 0 atom stereocenters. The average Bonchev–Trinajstić information content (AvgIpc) is 2.27. The van der Waals surface area contributed by atoms with E-state index < -0.39 is 17.6 Å². The molecule has 94 valence electrons. The highest BCUT2D eigenvalue weighted by Crippen LogP contribution is 2.32. The summed E-state index contributed by atoms with van der Waals surface area (Å²) in [5.74, 6) is -0.505. The monoisotopic (exact) mass is 265 g/mol. The summed E-state index contributed by atoms with van der Waals surface area (Å²) in [6.07, 6.45) is -4.53. The normalized spacial score (nSPS) is 11.4. The Bertz CT molecular complexity index is 406. The van der Waals surface area contributed by atoms with Crippen molar-refractivity contribution in [1.82, 2.24) is 4.90 Å². The molecule has 0 fully saturated rings. The van der Waals surface area contributed by atoms with E-state index in [1.54, 1.807) is 0 Å². The Hall–Kier alpha value is -1.23. The van der Waals surface area contributed by atoms with E-state index in [1.165, 1.54) is 19.2 Å². The van der Waals surface area contributed by atoms with Gasteiger partial charge in [-0.2, -0.15) is 13.2 Å². The van der Waals surface area contributed by atoms with Gasteiger partial charge in [-0.15, -0.1) is 11.6 Å². The maximum Gasteiger partial charge on any atom is 0.417 e. The van der Waals surface area contributed by atoms with Crippen LogP contribution in [0.25, 0.3) is 0 Å². The lowest BCUT2D eigenvalue weighted by Gasteiger charge is -2.18. The van der Waals surface area contributed by atoms with Crippen LogP contribution in [0.3, 0.4) is 0 Å². The highest BCUT2D eigenvalue weighted by atomic mass is 35.5. The predicted octanol–water partition coefficient (Wildman–Crippen LogP) is 3.02. The lowest BCUT2D eigenvalue weighted by atomic mass is 10.1. The molecule has 0 saturated carbocycles. The molecular formula is C11H11ClF3NO. The second kappa shape index (κ2) is 5.40. The van der Waals surface area contributed by atoms with Crippen molar-refractivity contribution in [3.05, 3.63) is 35.4 Å². The molecule has 0 unspecified atom stereocenters. The molecule has 6 heteroatoms. The van der Waals surface area contributed by atoms with E-state index in [4.69, 9.17) is 11.6 Å². The fraction of sp³-hybridized carbons (Fsp3) is 0.364. The third-order valence-electron chi connectivity index (χ3n) is 2.23. The van der Waals surface area contributed by atoms with E-state index in [2.05, 4.69) is 0 Å². The summed E-state index contributed by atoms with van der Waals surface area (Å²) in [6, 6.07) is 4.70.